The fraction of sp³-hybridized carbons (Fsp3) is 0.429. The molecule has 0 atom stereocenters. The lowest BCUT2D eigenvalue weighted by Crippen LogP contribution is -2.41. The third-order valence-electron chi connectivity index (χ3n) is 3.00. The Bertz CT molecular complexity index is 515. The Hall–Kier alpha value is -1.95. The molecular weight excluding hydrogens is 263 g/mol. The van der Waals surface area contributed by atoms with Crippen molar-refractivity contribution in [1.29, 1.82) is 0 Å². The van der Waals surface area contributed by atoms with Crippen LogP contribution in [-0.2, 0) is 11.3 Å². The molecule has 1 amide bonds. The number of aromatic carboxylic acids is 1. The number of hydrogen-bond donors (Lipinski definition) is 3. The second-order valence-electron chi connectivity index (χ2n) is 5.19. The highest BCUT2D eigenvalue weighted by molar-refractivity contribution is 5.87. The predicted octanol–water partition coefficient (Wildman–Crippen LogP) is 1.39. The molecule has 0 aromatic heterocycles. The maximum atomic E-state index is 13.5. The van der Waals surface area contributed by atoms with Crippen LogP contribution in [0, 0.1) is 11.2 Å². The maximum absolute atomic E-state index is 13.5. The minimum atomic E-state index is -1.29. The molecule has 0 saturated heterocycles. The summed E-state index contributed by atoms with van der Waals surface area (Å²) in [6, 6.07) is 3.97. The molecule has 0 bridgehead atoms. The maximum Gasteiger partial charge on any atom is 0.338 e. The van der Waals surface area contributed by atoms with Gasteiger partial charge in [-0.3, -0.25) is 4.79 Å². The summed E-state index contributed by atoms with van der Waals surface area (Å²) < 4.78 is 13.5. The fourth-order valence-corrected chi connectivity index (χ4v) is 1.78. The molecule has 0 heterocycles. The first-order chi connectivity index (χ1) is 9.27. The van der Waals surface area contributed by atoms with Gasteiger partial charge in [0.1, 0.15) is 5.82 Å². The van der Waals surface area contributed by atoms with E-state index in [1.165, 1.54) is 12.1 Å². The summed E-state index contributed by atoms with van der Waals surface area (Å²) >= 11 is 0. The monoisotopic (exact) mass is 282 g/mol. The number of carbonyl (C=O) groups excluding carboxylic acids is 1. The third kappa shape index (κ3) is 4.03. The van der Waals surface area contributed by atoms with Crippen LogP contribution in [-0.4, -0.2) is 30.6 Å². The van der Waals surface area contributed by atoms with Gasteiger partial charge in [-0.25, -0.2) is 9.18 Å². The van der Waals surface area contributed by atoms with Crippen molar-refractivity contribution in [2.24, 2.45) is 5.41 Å². The summed E-state index contributed by atoms with van der Waals surface area (Å²) in [7, 11) is 1.57. The molecule has 110 valence electrons. The Morgan fingerprint density at radius 1 is 1.35 bits per heavy atom. The van der Waals surface area contributed by atoms with Crippen molar-refractivity contribution >= 4 is 11.9 Å². The van der Waals surface area contributed by atoms with Gasteiger partial charge in [0.05, 0.1) is 11.0 Å². The molecule has 1 aromatic rings. The highest BCUT2D eigenvalue weighted by Crippen LogP contribution is 2.14. The zero-order valence-corrected chi connectivity index (χ0v) is 11.8. The van der Waals surface area contributed by atoms with Gasteiger partial charge in [-0.2, -0.15) is 0 Å². The smallest absolute Gasteiger partial charge is 0.338 e. The van der Waals surface area contributed by atoms with Gasteiger partial charge in [0, 0.05) is 20.1 Å². The average molecular weight is 282 g/mol. The molecule has 0 spiro atoms. The number of nitrogens with one attached hydrogen (secondary N) is 2. The van der Waals surface area contributed by atoms with Crippen LogP contribution in [0.1, 0.15) is 29.8 Å². The first kappa shape index (κ1) is 16.1. The zero-order valence-electron chi connectivity index (χ0n) is 11.8. The molecule has 20 heavy (non-hydrogen) atoms. The van der Waals surface area contributed by atoms with Gasteiger partial charge in [0.2, 0.25) is 5.91 Å². The van der Waals surface area contributed by atoms with Crippen LogP contribution < -0.4 is 10.6 Å². The van der Waals surface area contributed by atoms with Crippen LogP contribution in [0.3, 0.4) is 0 Å². The molecule has 0 aliphatic carbocycles. The van der Waals surface area contributed by atoms with Gasteiger partial charge in [0.15, 0.2) is 0 Å². The number of benzene rings is 1. The number of rotatable bonds is 6. The number of halogens is 1. The summed E-state index contributed by atoms with van der Waals surface area (Å²) in [4.78, 5) is 22.3. The average Bonchev–Trinajstić information content (AvgIpc) is 2.37. The van der Waals surface area contributed by atoms with E-state index in [1.807, 2.05) is 0 Å². The van der Waals surface area contributed by atoms with Crippen LogP contribution in [0.25, 0.3) is 0 Å². The minimum absolute atomic E-state index is 0.0857. The Morgan fingerprint density at radius 3 is 2.50 bits per heavy atom. The molecule has 0 fully saturated rings. The Balaban J connectivity index is 2.61. The van der Waals surface area contributed by atoms with Crippen LogP contribution in [0.5, 0.6) is 0 Å². The summed E-state index contributed by atoms with van der Waals surface area (Å²) in [6.07, 6.45) is 0. The van der Waals surface area contributed by atoms with Crippen molar-refractivity contribution in [2.75, 3.05) is 13.6 Å². The molecule has 6 heteroatoms. The standard InChI is InChI=1S/C14H19FN2O3/c1-14(2,13(20)16-3)8-17-7-9-4-5-10(12(18)19)11(15)6-9/h4-6,17H,7-8H2,1-3H3,(H,16,20)(H,18,19). The molecule has 0 unspecified atom stereocenters. The van der Waals surface area contributed by atoms with Crippen molar-refractivity contribution in [3.8, 4) is 0 Å². The van der Waals surface area contributed by atoms with Crippen molar-refractivity contribution in [3.63, 3.8) is 0 Å². The molecule has 0 aliphatic rings. The highest BCUT2D eigenvalue weighted by Gasteiger charge is 2.25. The molecule has 0 aliphatic heterocycles. The zero-order chi connectivity index (χ0) is 15.3. The first-order valence-corrected chi connectivity index (χ1v) is 6.22. The lowest BCUT2D eigenvalue weighted by Gasteiger charge is -2.23. The van der Waals surface area contributed by atoms with E-state index < -0.39 is 17.2 Å². The summed E-state index contributed by atoms with van der Waals surface area (Å²) in [5.74, 6) is -2.14. The normalized spacial score (nSPS) is 11.2. The quantitative estimate of drug-likeness (QED) is 0.736. The summed E-state index contributed by atoms with van der Waals surface area (Å²) in [5.41, 5.74) is -0.298. The SMILES string of the molecule is CNC(=O)C(C)(C)CNCc1ccc(C(=O)O)c(F)c1. The molecule has 3 N–H and O–H groups in total. The third-order valence-corrected chi connectivity index (χ3v) is 3.00. The molecule has 1 rings (SSSR count). The van der Waals surface area contributed by atoms with Crippen LogP contribution in [0.4, 0.5) is 4.39 Å². The van der Waals surface area contributed by atoms with Gasteiger partial charge >= 0.3 is 5.97 Å². The summed E-state index contributed by atoms with van der Waals surface area (Å²) in [5, 5.41) is 14.4. The number of carboxylic acids is 1. The predicted molar refractivity (Wildman–Crippen MR) is 72.9 cm³/mol. The van der Waals surface area contributed by atoms with E-state index in [-0.39, 0.29) is 11.5 Å². The number of carbonyl (C=O) groups is 2. The van der Waals surface area contributed by atoms with Gasteiger partial charge in [-0.05, 0) is 31.5 Å². The molecule has 0 radical (unpaired) electrons. The van der Waals surface area contributed by atoms with Gasteiger partial charge in [-0.15, -0.1) is 0 Å². The van der Waals surface area contributed by atoms with E-state index in [4.69, 9.17) is 5.11 Å². The van der Waals surface area contributed by atoms with Crippen LogP contribution in [0.2, 0.25) is 0 Å². The Morgan fingerprint density at radius 2 is 2.00 bits per heavy atom. The van der Waals surface area contributed by atoms with Crippen molar-refractivity contribution in [1.82, 2.24) is 10.6 Å². The summed E-state index contributed by atoms with van der Waals surface area (Å²) in [6.45, 7) is 4.38. The van der Waals surface area contributed by atoms with Crippen molar-refractivity contribution in [2.45, 2.75) is 20.4 Å². The van der Waals surface area contributed by atoms with E-state index in [9.17, 15) is 14.0 Å². The second kappa shape index (κ2) is 6.47. The van der Waals surface area contributed by atoms with Crippen molar-refractivity contribution in [3.05, 3.63) is 35.1 Å². The Kier molecular flexibility index (Phi) is 5.21. The highest BCUT2D eigenvalue weighted by atomic mass is 19.1. The van der Waals surface area contributed by atoms with E-state index in [0.29, 0.717) is 18.7 Å². The largest absolute Gasteiger partial charge is 0.478 e. The first-order valence-electron chi connectivity index (χ1n) is 6.22. The lowest BCUT2D eigenvalue weighted by molar-refractivity contribution is -0.128. The number of hydrogen-bond acceptors (Lipinski definition) is 3. The number of carboxylic acid groups (broad SMARTS) is 1. The van der Waals surface area contributed by atoms with Crippen molar-refractivity contribution < 1.29 is 19.1 Å². The van der Waals surface area contributed by atoms with Gasteiger partial charge < -0.3 is 15.7 Å². The molecule has 5 nitrogen and oxygen atoms in total. The van der Waals surface area contributed by atoms with Gasteiger partial charge in [0.25, 0.3) is 0 Å². The molecular formula is C14H19FN2O3. The van der Waals surface area contributed by atoms with Gasteiger partial charge in [-0.1, -0.05) is 6.07 Å². The number of amides is 1. The lowest BCUT2D eigenvalue weighted by atomic mass is 9.92. The van der Waals surface area contributed by atoms with E-state index in [2.05, 4.69) is 10.6 Å². The molecule has 1 aromatic carbocycles. The Labute approximate surface area is 117 Å². The minimum Gasteiger partial charge on any atom is -0.478 e. The fourth-order valence-electron chi connectivity index (χ4n) is 1.78. The van der Waals surface area contributed by atoms with Crippen LogP contribution in [0.15, 0.2) is 18.2 Å². The van der Waals surface area contributed by atoms with Crippen LogP contribution >= 0.6 is 0 Å². The van der Waals surface area contributed by atoms with E-state index in [0.717, 1.165) is 0 Å². The van der Waals surface area contributed by atoms with E-state index in [1.54, 1.807) is 27.0 Å². The molecule has 0 saturated carbocycles. The topological polar surface area (TPSA) is 78.4 Å². The van der Waals surface area contributed by atoms with E-state index >= 15 is 0 Å². The second-order valence-corrected chi connectivity index (χ2v) is 5.19.